The molecule has 0 spiro atoms. The maximum Gasteiger partial charge on any atom is 0.338 e. The van der Waals surface area contributed by atoms with E-state index in [-0.39, 0.29) is 40.9 Å². The Morgan fingerprint density at radius 2 is 1.60 bits per heavy atom. The van der Waals surface area contributed by atoms with Crippen molar-refractivity contribution in [2.24, 2.45) is 0 Å². The minimum absolute atomic E-state index is 0.0687. The normalized spacial score (nSPS) is 20.9. The van der Waals surface area contributed by atoms with Gasteiger partial charge in [0.2, 0.25) is 0 Å². The molecular weight excluding hydrogens is 384 g/mol. The van der Waals surface area contributed by atoms with E-state index in [9.17, 15) is 19.2 Å². The fourth-order valence-corrected chi connectivity index (χ4v) is 4.73. The van der Waals surface area contributed by atoms with Crippen molar-refractivity contribution in [3.63, 3.8) is 0 Å². The molecule has 7 nitrogen and oxygen atoms in total. The minimum Gasteiger partial charge on any atom is -0.449 e. The van der Waals surface area contributed by atoms with Crippen LogP contribution in [0.15, 0.2) is 18.2 Å². The number of nitrogens with zero attached hydrogens (tertiary/aromatic N) is 1. The summed E-state index contributed by atoms with van der Waals surface area (Å²) in [5.41, 5.74) is 0.734. The van der Waals surface area contributed by atoms with E-state index in [1.54, 1.807) is 0 Å². The van der Waals surface area contributed by atoms with Crippen LogP contribution in [0.1, 0.15) is 95.8 Å². The van der Waals surface area contributed by atoms with Crippen molar-refractivity contribution in [2.75, 3.05) is 0 Å². The van der Waals surface area contributed by atoms with Gasteiger partial charge in [-0.2, -0.15) is 0 Å². The zero-order valence-corrected chi connectivity index (χ0v) is 17.3. The third-order valence-corrected chi connectivity index (χ3v) is 6.45. The highest BCUT2D eigenvalue weighted by atomic mass is 16.5. The second kappa shape index (κ2) is 8.58. The molecule has 2 aliphatic carbocycles. The van der Waals surface area contributed by atoms with E-state index in [1.165, 1.54) is 30.0 Å². The van der Waals surface area contributed by atoms with Gasteiger partial charge in [0.15, 0.2) is 6.10 Å². The number of amides is 3. The first-order chi connectivity index (χ1) is 14.5. The molecule has 0 bridgehead atoms. The van der Waals surface area contributed by atoms with E-state index in [1.807, 2.05) is 0 Å². The highest BCUT2D eigenvalue weighted by Crippen LogP contribution is 2.31. The fourth-order valence-electron chi connectivity index (χ4n) is 4.73. The molecule has 1 aromatic rings. The highest BCUT2D eigenvalue weighted by Gasteiger charge is 2.40. The quantitative estimate of drug-likeness (QED) is 0.592. The lowest BCUT2D eigenvalue weighted by atomic mass is 9.94. The maximum atomic E-state index is 12.9. The molecule has 1 unspecified atom stereocenters. The lowest BCUT2D eigenvalue weighted by molar-refractivity contribution is -0.129. The van der Waals surface area contributed by atoms with Gasteiger partial charge in [0.25, 0.3) is 17.7 Å². The van der Waals surface area contributed by atoms with Crippen LogP contribution in [0, 0.1) is 0 Å². The van der Waals surface area contributed by atoms with Gasteiger partial charge in [-0.15, -0.1) is 0 Å². The molecule has 0 saturated heterocycles. The number of rotatable bonds is 5. The summed E-state index contributed by atoms with van der Waals surface area (Å²) < 4.78 is 5.31. The van der Waals surface area contributed by atoms with Gasteiger partial charge >= 0.3 is 5.97 Å². The Bertz CT molecular complexity index is 868. The summed E-state index contributed by atoms with van der Waals surface area (Å²) in [6, 6.07) is 4.49. The lowest BCUT2D eigenvalue weighted by Crippen LogP contribution is -2.41. The number of esters is 1. The number of benzene rings is 1. The van der Waals surface area contributed by atoms with Gasteiger partial charge in [0.05, 0.1) is 16.7 Å². The van der Waals surface area contributed by atoms with E-state index in [2.05, 4.69) is 5.32 Å². The third-order valence-electron chi connectivity index (χ3n) is 6.45. The molecular formula is C23H28N2O5. The second-order valence-corrected chi connectivity index (χ2v) is 8.57. The Hall–Kier alpha value is -2.70. The topological polar surface area (TPSA) is 92.8 Å². The molecule has 4 rings (SSSR count). The van der Waals surface area contributed by atoms with Crippen molar-refractivity contribution in [1.82, 2.24) is 10.2 Å². The first kappa shape index (κ1) is 20.6. The standard InChI is InChI=1S/C23H28N2O5/c1-14(20(26)24-16-7-5-6-8-16)30-23(29)15-11-12-18-19(13-15)22(28)25(21(18)27)17-9-3-2-4-10-17/h11-14,16-17H,2-10H2,1H3,(H,24,26). The van der Waals surface area contributed by atoms with Gasteiger partial charge in [-0.3, -0.25) is 19.3 Å². The van der Waals surface area contributed by atoms with Crippen LogP contribution in [0.5, 0.6) is 0 Å². The Kier molecular flexibility index (Phi) is 5.88. The molecule has 1 atom stereocenters. The van der Waals surface area contributed by atoms with E-state index in [4.69, 9.17) is 4.74 Å². The van der Waals surface area contributed by atoms with Crippen LogP contribution in [0.4, 0.5) is 0 Å². The number of imide groups is 1. The van der Waals surface area contributed by atoms with E-state index < -0.39 is 12.1 Å². The Morgan fingerprint density at radius 1 is 0.967 bits per heavy atom. The van der Waals surface area contributed by atoms with Gasteiger partial charge in [0.1, 0.15) is 0 Å². The summed E-state index contributed by atoms with van der Waals surface area (Å²) >= 11 is 0. The fraction of sp³-hybridized carbons (Fsp3) is 0.565. The predicted molar refractivity (Wildman–Crippen MR) is 109 cm³/mol. The Labute approximate surface area is 176 Å². The van der Waals surface area contributed by atoms with Gasteiger partial charge < -0.3 is 10.1 Å². The van der Waals surface area contributed by atoms with Crippen LogP contribution in [0.3, 0.4) is 0 Å². The molecule has 0 aromatic heterocycles. The van der Waals surface area contributed by atoms with E-state index >= 15 is 0 Å². The summed E-state index contributed by atoms with van der Waals surface area (Å²) in [5, 5.41) is 2.91. The zero-order chi connectivity index (χ0) is 21.3. The van der Waals surface area contributed by atoms with Crippen molar-refractivity contribution in [2.45, 2.75) is 82.9 Å². The molecule has 2 saturated carbocycles. The molecule has 160 valence electrons. The van der Waals surface area contributed by atoms with Crippen molar-refractivity contribution in [3.05, 3.63) is 34.9 Å². The van der Waals surface area contributed by atoms with Crippen molar-refractivity contribution in [3.8, 4) is 0 Å². The highest BCUT2D eigenvalue weighted by molar-refractivity contribution is 6.22. The SMILES string of the molecule is CC(OC(=O)c1ccc2c(c1)C(=O)N(C1CCCCC1)C2=O)C(=O)NC1CCCC1. The van der Waals surface area contributed by atoms with Gasteiger partial charge in [-0.1, -0.05) is 32.1 Å². The largest absolute Gasteiger partial charge is 0.449 e. The second-order valence-electron chi connectivity index (χ2n) is 8.57. The van der Waals surface area contributed by atoms with Crippen molar-refractivity contribution in [1.29, 1.82) is 0 Å². The van der Waals surface area contributed by atoms with Crippen LogP contribution in [-0.2, 0) is 9.53 Å². The van der Waals surface area contributed by atoms with Gasteiger partial charge in [-0.05, 0) is 50.8 Å². The molecule has 3 aliphatic rings. The summed E-state index contributed by atoms with van der Waals surface area (Å²) in [4.78, 5) is 51.8. The zero-order valence-electron chi connectivity index (χ0n) is 17.3. The molecule has 30 heavy (non-hydrogen) atoms. The summed E-state index contributed by atoms with van der Waals surface area (Å²) in [6.07, 6.45) is 7.97. The number of carbonyl (C=O) groups excluding carboxylic acids is 4. The first-order valence-corrected chi connectivity index (χ1v) is 11.0. The van der Waals surface area contributed by atoms with Crippen molar-refractivity contribution >= 4 is 23.7 Å². The minimum atomic E-state index is -0.928. The maximum absolute atomic E-state index is 12.9. The molecule has 1 heterocycles. The van der Waals surface area contributed by atoms with E-state index in [0.717, 1.165) is 57.8 Å². The third kappa shape index (κ3) is 3.98. The molecule has 1 aromatic carbocycles. The average molecular weight is 412 g/mol. The van der Waals surface area contributed by atoms with Gasteiger partial charge in [-0.25, -0.2) is 4.79 Å². The van der Waals surface area contributed by atoms with Crippen LogP contribution in [0.25, 0.3) is 0 Å². The number of carbonyl (C=O) groups is 4. The number of fused-ring (bicyclic) bond motifs is 1. The van der Waals surface area contributed by atoms with Crippen LogP contribution in [-0.4, -0.2) is 46.8 Å². The number of ether oxygens (including phenoxy) is 1. The average Bonchev–Trinajstić information content (AvgIpc) is 3.35. The van der Waals surface area contributed by atoms with Crippen LogP contribution in [0.2, 0.25) is 0 Å². The summed E-state index contributed by atoms with van der Waals surface area (Å²) in [7, 11) is 0. The molecule has 2 fully saturated rings. The number of hydrogen-bond acceptors (Lipinski definition) is 5. The van der Waals surface area contributed by atoms with Crippen molar-refractivity contribution < 1.29 is 23.9 Å². The molecule has 3 amide bonds. The molecule has 1 N–H and O–H groups in total. The lowest BCUT2D eigenvalue weighted by Gasteiger charge is -2.29. The smallest absolute Gasteiger partial charge is 0.338 e. The monoisotopic (exact) mass is 412 g/mol. The van der Waals surface area contributed by atoms with Gasteiger partial charge in [0, 0.05) is 12.1 Å². The molecule has 0 radical (unpaired) electrons. The van der Waals surface area contributed by atoms with Crippen LogP contribution < -0.4 is 5.32 Å². The number of nitrogens with one attached hydrogen (secondary N) is 1. The van der Waals surface area contributed by atoms with Crippen LogP contribution >= 0.6 is 0 Å². The summed E-state index contributed by atoms with van der Waals surface area (Å²) in [6.45, 7) is 1.54. The molecule has 1 aliphatic heterocycles. The Balaban J connectivity index is 1.43. The predicted octanol–water partition coefficient (Wildman–Crippen LogP) is 3.22. The summed E-state index contributed by atoms with van der Waals surface area (Å²) in [5.74, 6) is -1.62. The Morgan fingerprint density at radius 3 is 2.30 bits per heavy atom. The number of hydrogen-bond donors (Lipinski definition) is 1. The molecule has 7 heteroatoms. The van der Waals surface area contributed by atoms with E-state index in [0.29, 0.717) is 5.56 Å². The first-order valence-electron chi connectivity index (χ1n) is 11.0.